The molecule has 6 nitrogen and oxygen atoms in total. The summed E-state index contributed by atoms with van der Waals surface area (Å²) >= 11 is 0. The van der Waals surface area contributed by atoms with Gasteiger partial charge in [0.1, 0.15) is 5.76 Å². The van der Waals surface area contributed by atoms with Crippen LogP contribution in [0.1, 0.15) is 45.3 Å². The zero-order chi connectivity index (χ0) is 19.2. The quantitative estimate of drug-likeness (QED) is 0.441. The minimum atomic E-state index is -0.101. The van der Waals surface area contributed by atoms with Gasteiger partial charge in [-0.25, -0.2) is 0 Å². The fourth-order valence-electron chi connectivity index (χ4n) is 3.52. The minimum absolute atomic E-state index is 0. The van der Waals surface area contributed by atoms with E-state index >= 15 is 0 Å². The molecular weight excluding hydrogens is 391 g/mol. The van der Waals surface area contributed by atoms with Crippen molar-refractivity contribution in [1.29, 1.82) is 0 Å². The van der Waals surface area contributed by atoms with Gasteiger partial charge in [-0.15, -0.1) is 0 Å². The Morgan fingerprint density at radius 3 is 2.31 bits per heavy atom. The van der Waals surface area contributed by atoms with Gasteiger partial charge in [0.05, 0.1) is 5.57 Å². The first-order valence-electron chi connectivity index (χ1n) is 9.26. The van der Waals surface area contributed by atoms with Gasteiger partial charge in [-0.2, -0.15) is 0 Å². The number of likely N-dealkylation sites (tertiary alicyclic amines) is 2. The first-order valence-corrected chi connectivity index (χ1v) is 9.26. The van der Waals surface area contributed by atoms with E-state index in [2.05, 4.69) is 28.0 Å². The number of aromatic nitrogens is 2. The van der Waals surface area contributed by atoms with Gasteiger partial charge in [0.15, 0.2) is 0 Å². The molecule has 0 aliphatic carbocycles. The zero-order valence-corrected chi connectivity index (χ0v) is 20.0. The van der Waals surface area contributed by atoms with Crippen molar-refractivity contribution in [1.82, 2.24) is 19.8 Å². The maximum Gasteiger partial charge on any atom is 1.00 e. The summed E-state index contributed by atoms with van der Waals surface area (Å²) in [6.45, 7) is 1.89. The van der Waals surface area contributed by atoms with E-state index in [4.69, 9.17) is 0 Å². The first kappa shape index (κ1) is 25.9. The molecule has 0 spiro atoms. The molecular formula is C22H31KN4O2. The largest absolute Gasteiger partial charge is 1.00 e. The van der Waals surface area contributed by atoms with Crippen LogP contribution in [0.3, 0.4) is 0 Å². The maximum atomic E-state index is 11.6. The molecule has 0 bridgehead atoms. The molecule has 7 heteroatoms. The van der Waals surface area contributed by atoms with E-state index in [9.17, 15) is 9.90 Å². The Balaban J connectivity index is 0.000000519. The molecule has 1 amide bonds. The number of nitrogens with zero attached hydrogens (tertiary/aromatic N) is 4. The van der Waals surface area contributed by atoms with Gasteiger partial charge in [-0.05, 0) is 56.6 Å². The third kappa shape index (κ3) is 6.70. The summed E-state index contributed by atoms with van der Waals surface area (Å²) < 4.78 is 0. The number of hydrogen-bond donors (Lipinski definition) is 1. The summed E-state index contributed by atoms with van der Waals surface area (Å²) in [4.78, 5) is 23.6. The van der Waals surface area contributed by atoms with Crippen molar-refractivity contribution >= 4 is 11.7 Å². The molecule has 4 heterocycles. The Morgan fingerprint density at radius 2 is 1.83 bits per heavy atom. The van der Waals surface area contributed by atoms with Crippen molar-refractivity contribution in [3.63, 3.8) is 0 Å². The number of hydrogen-bond acceptors (Lipinski definition) is 5. The van der Waals surface area contributed by atoms with Crippen molar-refractivity contribution in [2.45, 2.75) is 32.7 Å². The Labute approximate surface area is 218 Å². The SMILES string of the molecule is C.CN1CCC(=C(O)c2cccnc2)C1=O.CN1CCCC1c1cccnc1.[H-].[K+]. The molecule has 1 unspecified atom stereocenters. The van der Waals surface area contributed by atoms with Gasteiger partial charge in [0.25, 0.3) is 5.91 Å². The molecule has 2 aliphatic rings. The number of amides is 1. The summed E-state index contributed by atoms with van der Waals surface area (Å²) in [6, 6.07) is 8.26. The van der Waals surface area contributed by atoms with E-state index in [1.165, 1.54) is 24.9 Å². The van der Waals surface area contributed by atoms with Gasteiger partial charge in [0, 0.05) is 50.0 Å². The van der Waals surface area contributed by atoms with Gasteiger partial charge in [0.2, 0.25) is 0 Å². The van der Waals surface area contributed by atoms with E-state index in [0.717, 1.165) is 0 Å². The molecule has 2 aromatic heterocycles. The van der Waals surface area contributed by atoms with Crippen LogP contribution < -0.4 is 51.4 Å². The second kappa shape index (κ2) is 12.6. The molecule has 2 saturated heterocycles. The third-order valence-electron chi connectivity index (χ3n) is 5.11. The zero-order valence-electron chi connectivity index (χ0n) is 17.9. The second-order valence-corrected chi connectivity index (χ2v) is 6.97. The molecule has 0 aromatic carbocycles. The summed E-state index contributed by atoms with van der Waals surface area (Å²) in [5.41, 5.74) is 2.43. The molecule has 1 atom stereocenters. The normalized spacial score (nSPS) is 20.3. The van der Waals surface area contributed by atoms with Crippen LogP contribution in [0.5, 0.6) is 0 Å². The molecule has 2 fully saturated rings. The number of aliphatic hydroxyl groups is 1. The van der Waals surface area contributed by atoms with E-state index in [-0.39, 0.29) is 71.9 Å². The number of carbonyl (C=O) groups excluding carboxylic acids is 1. The third-order valence-corrected chi connectivity index (χ3v) is 5.11. The maximum absolute atomic E-state index is 11.6. The summed E-state index contributed by atoms with van der Waals surface area (Å²) in [6.07, 6.45) is 10.2. The Kier molecular flexibility index (Phi) is 11.2. The molecule has 4 rings (SSSR count). The number of aliphatic hydroxyl groups excluding tert-OH is 1. The van der Waals surface area contributed by atoms with E-state index < -0.39 is 0 Å². The van der Waals surface area contributed by atoms with Crippen molar-refractivity contribution in [3.05, 3.63) is 65.8 Å². The monoisotopic (exact) mass is 422 g/mol. The molecule has 29 heavy (non-hydrogen) atoms. The minimum Gasteiger partial charge on any atom is -1.00 e. The Hall–Kier alpha value is -1.09. The van der Waals surface area contributed by atoms with Crippen LogP contribution in [0.25, 0.3) is 5.76 Å². The van der Waals surface area contributed by atoms with Crippen LogP contribution >= 0.6 is 0 Å². The van der Waals surface area contributed by atoms with Gasteiger partial charge >= 0.3 is 51.4 Å². The Bertz CT molecular complexity index is 805. The number of rotatable bonds is 2. The van der Waals surface area contributed by atoms with Gasteiger partial charge in [-0.3, -0.25) is 19.7 Å². The van der Waals surface area contributed by atoms with Crippen molar-refractivity contribution in [3.8, 4) is 0 Å². The van der Waals surface area contributed by atoms with Crippen LogP contribution in [0.2, 0.25) is 0 Å². The summed E-state index contributed by atoms with van der Waals surface area (Å²) in [5.74, 6) is -0.0474. The van der Waals surface area contributed by atoms with Crippen molar-refractivity contribution in [2.75, 3.05) is 27.2 Å². The van der Waals surface area contributed by atoms with Crippen LogP contribution in [-0.2, 0) is 4.79 Å². The van der Waals surface area contributed by atoms with E-state index in [1.54, 1.807) is 36.5 Å². The molecule has 0 saturated carbocycles. The average Bonchev–Trinajstić information content (AvgIpc) is 3.29. The molecule has 2 aliphatic heterocycles. The molecule has 2 aromatic rings. The predicted molar refractivity (Wildman–Crippen MR) is 113 cm³/mol. The summed E-state index contributed by atoms with van der Waals surface area (Å²) in [5, 5.41) is 9.90. The summed E-state index contributed by atoms with van der Waals surface area (Å²) in [7, 11) is 3.91. The van der Waals surface area contributed by atoms with Crippen molar-refractivity contribution in [2.24, 2.45) is 0 Å². The van der Waals surface area contributed by atoms with Crippen LogP contribution in [0.15, 0.2) is 54.6 Å². The van der Waals surface area contributed by atoms with Gasteiger partial charge < -0.3 is 11.4 Å². The molecule has 1 N–H and O–H groups in total. The van der Waals surface area contributed by atoms with E-state index in [1.807, 2.05) is 18.5 Å². The fraction of sp³-hybridized carbons (Fsp3) is 0.409. The predicted octanol–water partition coefficient (Wildman–Crippen LogP) is 0.814. The number of carbonyl (C=O) groups is 1. The smallest absolute Gasteiger partial charge is 1.00 e. The van der Waals surface area contributed by atoms with Crippen LogP contribution in [0, 0.1) is 0 Å². The van der Waals surface area contributed by atoms with Crippen LogP contribution in [0.4, 0.5) is 0 Å². The standard InChI is InChI=1S/C11H12N2O2.C10H14N2.CH4.K.H/c1-13-6-4-9(11(13)15)10(14)8-3-2-5-12-7-8;1-12-7-3-5-10(12)9-4-2-6-11-8-9;;;/h2-3,5,7,14H,4,6H2,1H3;2,4,6,8,10H,3,5,7H2,1H3;1H4;;/q;;;+1;-1. The first-order chi connectivity index (χ1) is 13.1. The topological polar surface area (TPSA) is 69.6 Å². The number of pyridine rings is 2. The average molecular weight is 423 g/mol. The second-order valence-electron chi connectivity index (χ2n) is 6.97. The van der Waals surface area contributed by atoms with Gasteiger partial charge in [-0.1, -0.05) is 13.5 Å². The van der Waals surface area contributed by atoms with Crippen LogP contribution in [-0.4, -0.2) is 58.0 Å². The number of likely N-dealkylation sites (N-methyl/N-ethyl adjacent to an activating group) is 1. The van der Waals surface area contributed by atoms with E-state index in [0.29, 0.717) is 30.1 Å². The molecule has 152 valence electrons. The van der Waals surface area contributed by atoms with Crippen molar-refractivity contribution < 1.29 is 62.7 Å². The fourth-order valence-corrected chi connectivity index (χ4v) is 3.52. The molecule has 0 radical (unpaired) electrons. The Morgan fingerprint density at radius 1 is 1.14 bits per heavy atom.